The van der Waals surface area contributed by atoms with Gasteiger partial charge in [-0.15, -0.1) is 0 Å². The van der Waals surface area contributed by atoms with Gasteiger partial charge in [-0.3, -0.25) is 0 Å². The molecule has 0 aliphatic carbocycles. The van der Waals surface area contributed by atoms with Crippen molar-refractivity contribution in [1.29, 1.82) is 0 Å². The second kappa shape index (κ2) is 4.37. The van der Waals surface area contributed by atoms with E-state index in [1.807, 2.05) is 12.1 Å². The minimum Gasteiger partial charge on any atom is -0.302 e. The molecule has 0 bridgehead atoms. The maximum Gasteiger partial charge on any atom is 0.190 e. The number of hydrogen-bond donors (Lipinski definition) is 1. The molecule has 0 fully saturated rings. The van der Waals surface area contributed by atoms with E-state index in [4.69, 9.17) is 16.2 Å². The van der Waals surface area contributed by atoms with E-state index < -0.39 is 11.1 Å². The lowest BCUT2D eigenvalue weighted by Gasteiger charge is -2.06. The zero-order valence-corrected chi connectivity index (χ0v) is 10.00. The molecule has 1 heterocycles. The van der Waals surface area contributed by atoms with Crippen LogP contribution in [0.2, 0.25) is 5.02 Å². The van der Waals surface area contributed by atoms with Crippen molar-refractivity contribution in [2.75, 3.05) is 0 Å². The van der Waals surface area contributed by atoms with Gasteiger partial charge < -0.3 is 4.55 Å². The Hall–Kier alpha value is -1.17. The molecule has 1 aromatic heterocycles. The van der Waals surface area contributed by atoms with E-state index in [1.54, 1.807) is 23.7 Å². The van der Waals surface area contributed by atoms with Crippen LogP contribution in [-0.2, 0) is 11.1 Å². The van der Waals surface area contributed by atoms with Crippen LogP contribution in [0.25, 0.3) is 5.69 Å². The highest BCUT2D eigenvalue weighted by atomic mass is 35.5. The molecular formula is C10H9ClN2O2S. The second-order valence-electron chi connectivity index (χ2n) is 3.21. The summed E-state index contributed by atoms with van der Waals surface area (Å²) in [4.78, 5) is 0.292. The molecular weight excluding hydrogens is 248 g/mol. The van der Waals surface area contributed by atoms with E-state index in [0.717, 1.165) is 0 Å². The third-order valence-electron chi connectivity index (χ3n) is 2.23. The van der Waals surface area contributed by atoms with Gasteiger partial charge in [0.1, 0.15) is 4.90 Å². The van der Waals surface area contributed by atoms with Crippen molar-refractivity contribution in [3.05, 3.63) is 41.2 Å². The third-order valence-corrected chi connectivity index (χ3v) is 3.33. The first-order valence-electron chi connectivity index (χ1n) is 4.51. The molecule has 0 spiro atoms. The standard InChI is InChI=1S/C10H9ClN2O2S/c1-7-10(16(14)15)6-12-13(7)9-5-3-2-4-8(9)11/h2-6H,1H3,(H,14,15). The summed E-state index contributed by atoms with van der Waals surface area (Å²) in [6.45, 7) is 1.72. The van der Waals surface area contributed by atoms with Crippen molar-refractivity contribution in [1.82, 2.24) is 9.78 Å². The Labute approximate surface area is 100 Å². The average molecular weight is 257 g/mol. The molecule has 1 N–H and O–H groups in total. The van der Waals surface area contributed by atoms with E-state index in [0.29, 0.717) is 21.3 Å². The second-order valence-corrected chi connectivity index (χ2v) is 4.55. The monoisotopic (exact) mass is 256 g/mol. The number of hydrogen-bond acceptors (Lipinski definition) is 2. The van der Waals surface area contributed by atoms with Crippen molar-refractivity contribution in [3.63, 3.8) is 0 Å². The fourth-order valence-electron chi connectivity index (χ4n) is 1.43. The summed E-state index contributed by atoms with van der Waals surface area (Å²) in [5.74, 6) is 0. The summed E-state index contributed by atoms with van der Waals surface area (Å²) >= 11 is 3.99. The zero-order chi connectivity index (χ0) is 11.7. The molecule has 84 valence electrons. The van der Waals surface area contributed by atoms with E-state index in [9.17, 15) is 4.21 Å². The fourth-order valence-corrected chi connectivity index (χ4v) is 2.12. The topological polar surface area (TPSA) is 55.1 Å². The van der Waals surface area contributed by atoms with Crippen LogP contribution in [0.5, 0.6) is 0 Å². The molecule has 0 amide bonds. The van der Waals surface area contributed by atoms with Crippen molar-refractivity contribution in [2.24, 2.45) is 0 Å². The molecule has 1 atom stereocenters. The summed E-state index contributed by atoms with van der Waals surface area (Å²) in [6.07, 6.45) is 1.37. The van der Waals surface area contributed by atoms with Gasteiger partial charge in [0.2, 0.25) is 0 Å². The van der Waals surface area contributed by atoms with Crippen LogP contribution in [-0.4, -0.2) is 18.5 Å². The van der Waals surface area contributed by atoms with Crippen molar-refractivity contribution in [3.8, 4) is 5.69 Å². The van der Waals surface area contributed by atoms with Gasteiger partial charge in [0, 0.05) is 0 Å². The molecule has 1 aromatic carbocycles. The summed E-state index contributed by atoms with van der Waals surface area (Å²) in [5, 5.41) is 4.59. The molecule has 0 aliphatic heterocycles. The van der Waals surface area contributed by atoms with Gasteiger partial charge in [0.15, 0.2) is 11.1 Å². The Kier molecular flexibility index (Phi) is 3.09. The van der Waals surface area contributed by atoms with Gasteiger partial charge in [-0.2, -0.15) is 5.10 Å². The third kappa shape index (κ3) is 1.89. The zero-order valence-electron chi connectivity index (χ0n) is 8.42. The normalized spacial score (nSPS) is 12.7. The highest BCUT2D eigenvalue weighted by molar-refractivity contribution is 7.79. The molecule has 2 rings (SSSR count). The fraction of sp³-hybridized carbons (Fsp3) is 0.100. The molecule has 16 heavy (non-hydrogen) atoms. The Bertz CT molecular complexity index is 554. The highest BCUT2D eigenvalue weighted by Crippen LogP contribution is 2.22. The van der Waals surface area contributed by atoms with E-state index >= 15 is 0 Å². The Balaban J connectivity index is 2.58. The number of halogens is 1. The molecule has 1 unspecified atom stereocenters. The SMILES string of the molecule is Cc1c(S(=O)O)cnn1-c1ccccc1Cl. The van der Waals surface area contributed by atoms with E-state index in [-0.39, 0.29) is 0 Å². The molecule has 4 nitrogen and oxygen atoms in total. The molecule has 0 saturated carbocycles. The van der Waals surface area contributed by atoms with Crippen LogP contribution in [0, 0.1) is 6.92 Å². The summed E-state index contributed by atoms with van der Waals surface area (Å²) in [7, 11) is 0. The molecule has 0 radical (unpaired) electrons. The van der Waals surface area contributed by atoms with Gasteiger partial charge in [-0.1, -0.05) is 23.7 Å². The van der Waals surface area contributed by atoms with Crippen LogP contribution >= 0.6 is 11.6 Å². The first-order chi connectivity index (χ1) is 7.61. The quantitative estimate of drug-likeness (QED) is 0.840. The Morgan fingerprint density at radius 2 is 2.12 bits per heavy atom. The molecule has 0 saturated heterocycles. The van der Waals surface area contributed by atoms with Gasteiger partial charge in [0.25, 0.3) is 0 Å². The first-order valence-corrected chi connectivity index (χ1v) is 6.00. The molecule has 6 heteroatoms. The lowest BCUT2D eigenvalue weighted by atomic mass is 10.3. The van der Waals surface area contributed by atoms with E-state index in [1.165, 1.54) is 6.20 Å². The Morgan fingerprint density at radius 1 is 1.44 bits per heavy atom. The maximum absolute atomic E-state index is 11.0. The summed E-state index contributed by atoms with van der Waals surface area (Å²) < 4.78 is 21.5. The predicted octanol–water partition coefficient (Wildman–Crippen LogP) is 2.41. The highest BCUT2D eigenvalue weighted by Gasteiger charge is 2.13. The minimum atomic E-state index is -2.03. The average Bonchev–Trinajstić information content (AvgIpc) is 2.61. The van der Waals surface area contributed by atoms with Gasteiger partial charge in [-0.05, 0) is 19.1 Å². The van der Waals surface area contributed by atoms with Crippen molar-refractivity contribution < 1.29 is 8.76 Å². The predicted molar refractivity (Wildman–Crippen MR) is 62.3 cm³/mol. The number of nitrogens with zero attached hydrogens (tertiary/aromatic N) is 2. The molecule has 2 aromatic rings. The van der Waals surface area contributed by atoms with Gasteiger partial charge >= 0.3 is 0 Å². The van der Waals surface area contributed by atoms with E-state index in [2.05, 4.69) is 5.10 Å². The van der Waals surface area contributed by atoms with Crippen LogP contribution in [0.15, 0.2) is 35.4 Å². The largest absolute Gasteiger partial charge is 0.302 e. The van der Waals surface area contributed by atoms with Crippen molar-refractivity contribution >= 4 is 22.7 Å². The van der Waals surface area contributed by atoms with Gasteiger partial charge in [0.05, 0.1) is 22.6 Å². The summed E-state index contributed by atoms with van der Waals surface area (Å²) in [5.41, 5.74) is 1.30. The number of rotatable bonds is 2. The number of aromatic nitrogens is 2. The van der Waals surface area contributed by atoms with Crippen LogP contribution in [0.4, 0.5) is 0 Å². The smallest absolute Gasteiger partial charge is 0.190 e. The number of para-hydroxylation sites is 1. The van der Waals surface area contributed by atoms with Gasteiger partial charge in [-0.25, -0.2) is 8.89 Å². The molecule has 0 aliphatic rings. The lowest BCUT2D eigenvalue weighted by Crippen LogP contribution is -2.00. The lowest BCUT2D eigenvalue weighted by molar-refractivity contribution is 0.563. The summed E-state index contributed by atoms with van der Waals surface area (Å²) in [6, 6.07) is 7.19. The van der Waals surface area contributed by atoms with Crippen LogP contribution < -0.4 is 0 Å². The minimum absolute atomic E-state index is 0.292. The maximum atomic E-state index is 11.0. The van der Waals surface area contributed by atoms with Crippen LogP contribution in [0.1, 0.15) is 5.69 Å². The first kappa shape index (κ1) is 11.3. The Morgan fingerprint density at radius 3 is 2.69 bits per heavy atom. The van der Waals surface area contributed by atoms with Crippen molar-refractivity contribution in [2.45, 2.75) is 11.8 Å². The van der Waals surface area contributed by atoms with Crippen LogP contribution in [0.3, 0.4) is 0 Å². The number of benzene rings is 1.